The van der Waals surface area contributed by atoms with Gasteiger partial charge in [0, 0.05) is 6.42 Å². The van der Waals surface area contributed by atoms with Crippen molar-refractivity contribution < 1.29 is 9.53 Å². The van der Waals surface area contributed by atoms with E-state index in [2.05, 4.69) is 27.7 Å². The van der Waals surface area contributed by atoms with Gasteiger partial charge >= 0.3 is 5.97 Å². The van der Waals surface area contributed by atoms with Crippen molar-refractivity contribution >= 4 is 5.97 Å². The minimum Gasteiger partial charge on any atom is -0.459 e. The van der Waals surface area contributed by atoms with Gasteiger partial charge in [-0.05, 0) is 43.9 Å². The van der Waals surface area contributed by atoms with E-state index in [1.807, 2.05) is 0 Å². The molecule has 0 aromatic rings. The highest BCUT2D eigenvalue weighted by molar-refractivity contribution is 5.70. The predicted octanol–water partition coefficient (Wildman–Crippen LogP) is 3.93. The van der Waals surface area contributed by atoms with E-state index in [0.717, 1.165) is 19.3 Å². The maximum atomic E-state index is 11.8. The molecule has 1 saturated carbocycles. The van der Waals surface area contributed by atoms with Crippen LogP contribution in [0.1, 0.15) is 66.2 Å². The third-order valence-corrected chi connectivity index (χ3v) is 3.75. The lowest BCUT2D eigenvalue weighted by molar-refractivity contribution is -0.164. The second-order valence-electron chi connectivity index (χ2n) is 5.83. The van der Waals surface area contributed by atoms with Crippen molar-refractivity contribution in [1.29, 1.82) is 0 Å². The normalized spacial score (nSPS) is 19.4. The molecule has 0 aliphatic heterocycles. The molecule has 94 valence electrons. The number of hydrogen-bond acceptors (Lipinski definition) is 2. The average molecular weight is 226 g/mol. The Bertz CT molecular complexity index is 225. The number of carbonyl (C=O) groups excluding carboxylic acids is 1. The van der Waals surface area contributed by atoms with Crippen molar-refractivity contribution in [3.8, 4) is 0 Å². The monoisotopic (exact) mass is 226 g/mol. The second kappa shape index (κ2) is 5.70. The van der Waals surface area contributed by atoms with E-state index in [0.29, 0.717) is 18.3 Å². The number of ether oxygens (including phenoxy) is 1. The molecule has 0 N–H and O–H groups in total. The van der Waals surface area contributed by atoms with Gasteiger partial charge in [-0.25, -0.2) is 0 Å². The maximum Gasteiger partial charge on any atom is 0.306 e. The zero-order valence-electron chi connectivity index (χ0n) is 11.2. The van der Waals surface area contributed by atoms with Gasteiger partial charge in [0.2, 0.25) is 0 Å². The SMILES string of the molecule is CC(C)CCC(=O)OC1(C(C)C)CCCC1. The largest absolute Gasteiger partial charge is 0.459 e. The molecule has 0 unspecified atom stereocenters. The summed E-state index contributed by atoms with van der Waals surface area (Å²) in [5.41, 5.74) is -0.145. The molecule has 0 heterocycles. The van der Waals surface area contributed by atoms with Crippen LogP contribution in [0.2, 0.25) is 0 Å². The quantitative estimate of drug-likeness (QED) is 0.664. The zero-order valence-corrected chi connectivity index (χ0v) is 11.2. The lowest BCUT2D eigenvalue weighted by Crippen LogP contribution is -2.37. The Balaban J connectivity index is 2.46. The van der Waals surface area contributed by atoms with Crippen molar-refractivity contribution in [2.45, 2.75) is 71.8 Å². The molecule has 0 atom stereocenters. The Morgan fingerprint density at radius 2 is 1.75 bits per heavy atom. The highest BCUT2D eigenvalue weighted by Gasteiger charge is 2.40. The Morgan fingerprint density at radius 1 is 1.19 bits per heavy atom. The first-order valence-electron chi connectivity index (χ1n) is 6.68. The first-order valence-corrected chi connectivity index (χ1v) is 6.68. The van der Waals surface area contributed by atoms with Gasteiger partial charge in [-0.2, -0.15) is 0 Å². The van der Waals surface area contributed by atoms with Gasteiger partial charge in [-0.15, -0.1) is 0 Å². The van der Waals surface area contributed by atoms with E-state index in [1.54, 1.807) is 0 Å². The van der Waals surface area contributed by atoms with Gasteiger partial charge in [0.25, 0.3) is 0 Å². The van der Waals surface area contributed by atoms with Crippen molar-refractivity contribution in [3.05, 3.63) is 0 Å². The van der Waals surface area contributed by atoms with Crippen LogP contribution in [0.3, 0.4) is 0 Å². The molecule has 2 nitrogen and oxygen atoms in total. The number of hydrogen-bond donors (Lipinski definition) is 0. The summed E-state index contributed by atoms with van der Waals surface area (Å²) in [6, 6.07) is 0. The van der Waals surface area contributed by atoms with Crippen LogP contribution < -0.4 is 0 Å². The van der Waals surface area contributed by atoms with Crippen molar-refractivity contribution in [2.24, 2.45) is 11.8 Å². The summed E-state index contributed by atoms with van der Waals surface area (Å²) >= 11 is 0. The van der Waals surface area contributed by atoms with Gasteiger partial charge in [0.15, 0.2) is 0 Å². The highest BCUT2D eigenvalue weighted by Crippen LogP contribution is 2.39. The second-order valence-corrected chi connectivity index (χ2v) is 5.83. The smallest absolute Gasteiger partial charge is 0.306 e. The molecule has 0 aromatic heterocycles. The van der Waals surface area contributed by atoms with E-state index in [9.17, 15) is 4.79 Å². The Labute approximate surface area is 99.8 Å². The molecule has 2 heteroatoms. The fourth-order valence-electron chi connectivity index (χ4n) is 2.45. The summed E-state index contributed by atoms with van der Waals surface area (Å²) in [7, 11) is 0. The van der Waals surface area contributed by atoms with Crippen LogP contribution in [0.25, 0.3) is 0 Å². The molecule has 1 aliphatic rings. The van der Waals surface area contributed by atoms with Crippen LogP contribution >= 0.6 is 0 Å². The molecule has 16 heavy (non-hydrogen) atoms. The molecule has 0 amide bonds. The average Bonchev–Trinajstić information content (AvgIpc) is 2.64. The highest BCUT2D eigenvalue weighted by atomic mass is 16.6. The summed E-state index contributed by atoms with van der Waals surface area (Å²) in [5.74, 6) is 1.02. The van der Waals surface area contributed by atoms with Gasteiger partial charge < -0.3 is 4.74 Å². The molecule has 1 fully saturated rings. The molecule has 0 bridgehead atoms. The topological polar surface area (TPSA) is 26.3 Å². The van der Waals surface area contributed by atoms with Gasteiger partial charge in [0.1, 0.15) is 5.60 Å². The van der Waals surface area contributed by atoms with Crippen LogP contribution in [0.15, 0.2) is 0 Å². The minimum atomic E-state index is -0.145. The van der Waals surface area contributed by atoms with Crippen LogP contribution in [0.5, 0.6) is 0 Å². The summed E-state index contributed by atoms with van der Waals surface area (Å²) < 4.78 is 5.77. The van der Waals surface area contributed by atoms with E-state index in [1.165, 1.54) is 12.8 Å². The molecule has 0 spiro atoms. The van der Waals surface area contributed by atoms with Crippen molar-refractivity contribution in [3.63, 3.8) is 0 Å². The first kappa shape index (κ1) is 13.5. The summed E-state index contributed by atoms with van der Waals surface area (Å²) in [6.07, 6.45) is 6.03. The molecular formula is C14H26O2. The van der Waals surface area contributed by atoms with E-state index >= 15 is 0 Å². The molecule has 1 aliphatic carbocycles. The van der Waals surface area contributed by atoms with Crippen LogP contribution in [-0.4, -0.2) is 11.6 Å². The summed E-state index contributed by atoms with van der Waals surface area (Å²) in [4.78, 5) is 11.8. The lowest BCUT2D eigenvalue weighted by atomic mass is 9.88. The van der Waals surface area contributed by atoms with Gasteiger partial charge in [0.05, 0.1) is 0 Å². The predicted molar refractivity (Wildman–Crippen MR) is 66.2 cm³/mol. The van der Waals surface area contributed by atoms with Crippen molar-refractivity contribution in [1.82, 2.24) is 0 Å². The molecular weight excluding hydrogens is 200 g/mol. The van der Waals surface area contributed by atoms with E-state index < -0.39 is 0 Å². The number of carbonyl (C=O) groups is 1. The molecule has 0 radical (unpaired) electrons. The maximum absolute atomic E-state index is 11.8. The molecule has 1 rings (SSSR count). The van der Waals surface area contributed by atoms with Crippen LogP contribution in [-0.2, 0) is 9.53 Å². The summed E-state index contributed by atoms with van der Waals surface area (Å²) in [6.45, 7) is 8.62. The van der Waals surface area contributed by atoms with Gasteiger partial charge in [-0.3, -0.25) is 4.79 Å². The third kappa shape index (κ3) is 3.50. The number of rotatable bonds is 5. The fourth-order valence-corrected chi connectivity index (χ4v) is 2.45. The fraction of sp³-hybridized carbons (Fsp3) is 0.929. The first-order chi connectivity index (χ1) is 7.46. The third-order valence-electron chi connectivity index (χ3n) is 3.75. The Hall–Kier alpha value is -0.530. The lowest BCUT2D eigenvalue weighted by Gasteiger charge is -2.33. The zero-order chi connectivity index (χ0) is 12.2. The van der Waals surface area contributed by atoms with Crippen LogP contribution in [0, 0.1) is 11.8 Å². The van der Waals surface area contributed by atoms with Crippen molar-refractivity contribution in [2.75, 3.05) is 0 Å². The molecule has 0 saturated heterocycles. The standard InChI is InChI=1S/C14H26O2/c1-11(2)7-8-13(15)16-14(12(3)4)9-5-6-10-14/h11-12H,5-10H2,1-4H3. The summed E-state index contributed by atoms with van der Waals surface area (Å²) in [5, 5.41) is 0. The molecule has 0 aromatic carbocycles. The van der Waals surface area contributed by atoms with E-state index in [4.69, 9.17) is 4.74 Å². The Kier molecular flexibility index (Phi) is 4.82. The van der Waals surface area contributed by atoms with Gasteiger partial charge in [-0.1, -0.05) is 27.7 Å². The number of esters is 1. The Morgan fingerprint density at radius 3 is 2.19 bits per heavy atom. The van der Waals surface area contributed by atoms with Crippen LogP contribution in [0.4, 0.5) is 0 Å². The minimum absolute atomic E-state index is 0.00398. The van der Waals surface area contributed by atoms with E-state index in [-0.39, 0.29) is 11.6 Å².